The molecule has 2 N–H and O–H groups in total. The number of thioether (sulfide) groups is 1. The second-order valence-electron chi connectivity index (χ2n) is 4.03. The zero-order valence-electron chi connectivity index (χ0n) is 10.7. The van der Waals surface area contributed by atoms with Crippen LogP contribution in [0.15, 0.2) is 23.5 Å². The van der Waals surface area contributed by atoms with E-state index in [1.165, 1.54) is 0 Å². The molecule has 0 unspecified atom stereocenters. The minimum atomic E-state index is 0.411. The van der Waals surface area contributed by atoms with E-state index < -0.39 is 0 Å². The smallest absolute Gasteiger partial charge is 0.191 e. The van der Waals surface area contributed by atoms with Crippen molar-refractivity contribution in [3.8, 4) is 0 Å². The highest BCUT2D eigenvalue weighted by atomic mass is 35.5. The van der Waals surface area contributed by atoms with Gasteiger partial charge in [0.1, 0.15) is 11.0 Å². The number of hydrogen-bond donors (Lipinski definition) is 1. The summed E-state index contributed by atoms with van der Waals surface area (Å²) in [5, 5.41) is 9.71. The third kappa shape index (κ3) is 3.68. The zero-order chi connectivity index (χ0) is 13.7. The molecule has 2 aromatic rings. The fraction of sp³-hybridized carbons (Fsp3) is 0.417. The van der Waals surface area contributed by atoms with Crippen molar-refractivity contribution in [2.45, 2.75) is 37.3 Å². The van der Waals surface area contributed by atoms with E-state index in [2.05, 4.69) is 26.7 Å². The van der Waals surface area contributed by atoms with Crippen molar-refractivity contribution in [3.05, 3.63) is 34.9 Å². The first-order valence-corrected chi connectivity index (χ1v) is 7.46. The average molecular weight is 298 g/mol. The molecule has 5 nitrogen and oxygen atoms in total. The van der Waals surface area contributed by atoms with Crippen LogP contribution in [0.5, 0.6) is 0 Å². The molecule has 0 atom stereocenters. The van der Waals surface area contributed by atoms with Crippen LogP contribution >= 0.6 is 23.4 Å². The van der Waals surface area contributed by atoms with Crippen molar-refractivity contribution in [1.82, 2.24) is 19.7 Å². The predicted molar refractivity (Wildman–Crippen MR) is 77.0 cm³/mol. The number of nitrogens with zero attached hydrogens (tertiary/aromatic N) is 4. The van der Waals surface area contributed by atoms with Gasteiger partial charge in [-0.3, -0.25) is 0 Å². The summed E-state index contributed by atoms with van der Waals surface area (Å²) in [6.07, 6.45) is 2.74. The molecule has 0 fully saturated rings. The van der Waals surface area contributed by atoms with Crippen molar-refractivity contribution < 1.29 is 0 Å². The molecule has 0 aliphatic heterocycles. The molecule has 0 aliphatic carbocycles. The van der Waals surface area contributed by atoms with Crippen LogP contribution in [0.25, 0.3) is 0 Å². The molecule has 0 bridgehead atoms. The van der Waals surface area contributed by atoms with Gasteiger partial charge in [0.15, 0.2) is 5.16 Å². The molecule has 0 radical (unpaired) electrons. The Morgan fingerprint density at radius 1 is 1.42 bits per heavy atom. The standard InChI is InChI=1S/C12H16ClN5S/c1-2-5-18-11(7-14)16-17-12(18)19-8-9-3-4-15-10(13)6-9/h3-4,6H,2,5,7-8,14H2,1H3. The summed E-state index contributed by atoms with van der Waals surface area (Å²) < 4.78 is 2.08. The molecule has 0 saturated heterocycles. The first-order chi connectivity index (χ1) is 9.24. The molecule has 0 aliphatic rings. The van der Waals surface area contributed by atoms with Crippen LogP contribution in [0.4, 0.5) is 0 Å². The van der Waals surface area contributed by atoms with Gasteiger partial charge in [0.2, 0.25) is 0 Å². The highest BCUT2D eigenvalue weighted by molar-refractivity contribution is 7.98. The molecular formula is C12H16ClN5S. The topological polar surface area (TPSA) is 69.6 Å². The monoisotopic (exact) mass is 297 g/mol. The van der Waals surface area contributed by atoms with Crippen LogP contribution in [-0.4, -0.2) is 19.7 Å². The molecule has 2 aromatic heterocycles. The van der Waals surface area contributed by atoms with Crippen molar-refractivity contribution in [2.75, 3.05) is 0 Å². The first kappa shape index (κ1) is 14.3. The lowest BCUT2D eigenvalue weighted by Gasteiger charge is -2.07. The number of aromatic nitrogens is 4. The van der Waals surface area contributed by atoms with E-state index in [4.69, 9.17) is 17.3 Å². The van der Waals surface area contributed by atoms with Gasteiger partial charge < -0.3 is 10.3 Å². The maximum atomic E-state index is 5.86. The quantitative estimate of drug-likeness (QED) is 0.655. The first-order valence-electron chi connectivity index (χ1n) is 6.10. The molecule has 102 valence electrons. The Labute approximate surface area is 121 Å². The van der Waals surface area contributed by atoms with E-state index in [0.29, 0.717) is 11.7 Å². The summed E-state index contributed by atoms with van der Waals surface area (Å²) in [5.41, 5.74) is 6.78. The Hall–Kier alpha value is -1.11. The minimum absolute atomic E-state index is 0.411. The Balaban J connectivity index is 2.08. The third-order valence-corrected chi connectivity index (χ3v) is 3.83. The lowest BCUT2D eigenvalue weighted by molar-refractivity contribution is 0.592. The van der Waals surface area contributed by atoms with Crippen molar-refractivity contribution >= 4 is 23.4 Å². The molecular weight excluding hydrogens is 282 g/mol. The molecule has 0 spiro atoms. The van der Waals surface area contributed by atoms with E-state index in [-0.39, 0.29) is 0 Å². The summed E-state index contributed by atoms with van der Waals surface area (Å²) >= 11 is 7.50. The van der Waals surface area contributed by atoms with E-state index in [9.17, 15) is 0 Å². The van der Waals surface area contributed by atoms with Crippen LogP contribution in [0.1, 0.15) is 24.7 Å². The zero-order valence-corrected chi connectivity index (χ0v) is 12.3. The molecule has 7 heteroatoms. The van der Waals surface area contributed by atoms with Gasteiger partial charge in [-0.25, -0.2) is 4.98 Å². The van der Waals surface area contributed by atoms with Gasteiger partial charge in [-0.05, 0) is 24.1 Å². The fourth-order valence-electron chi connectivity index (χ4n) is 1.71. The average Bonchev–Trinajstić information content (AvgIpc) is 2.79. The molecule has 0 saturated carbocycles. The van der Waals surface area contributed by atoms with E-state index in [0.717, 1.165) is 35.3 Å². The number of hydrogen-bond acceptors (Lipinski definition) is 5. The Morgan fingerprint density at radius 2 is 2.26 bits per heavy atom. The van der Waals surface area contributed by atoms with Gasteiger partial charge in [0.25, 0.3) is 0 Å². The van der Waals surface area contributed by atoms with Gasteiger partial charge in [0, 0.05) is 18.5 Å². The fourth-order valence-corrected chi connectivity index (χ4v) is 2.83. The van der Waals surface area contributed by atoms with E-state index in [1.807, 2.05) is 12.1 Å². The van der Waals surface area contributed by atoms with Crippen molar-refractivity contribution in [3.63, 3.8) is 0 Å². The summed E-state index contributed by atoms with van der Waals surface area (Å²) in [7, 11) is 0. The van der Waals surface area contributed by atoms with Gasteiger partial charge >= 0.3 is 0 Å². The van der Waals surface area contributed by atoms with Crippen LogP contribution in [0.3, 0.4) is 0 Å². The summed E-state index contributed by atoms with van der Waals surface area (Å²) in [6, 6.07) is 3.81. The second kappa shape index (κ2) is 6.88. The maximum absolute atomic E-state index is 5.86. The van der Waals surface area contributed by atoms with E-state index >= 15 is 0 Å². The Kier molecular flexibility index (Phi) is 5.18. The summed E-state index contributed by atoms with van der Waals surface area (Å²) in [6.45, 7) is 3.42. The van der Waals surface area contributed by atoms with Crippen molar-refractivity contribution in [1.29, 1.82) is 0 Å². The number of halogens is 1. The maximum Gasteiger partial charge on any atom is 0.191 e. The number of nitrogens with two attached hydrogens (primary N) is 1. The summed E-state index contributed by atoms with van der Waals surface area (Å²) in [5.74, 6) is 1.62. The molecule has 0 aromatic carbocycles. The summed E-state index contributed by atoms with van der Waals surface area (Å²) in [4.78, 5) is 3.97. The largest absolute Gasteiger partial charge is 0.324 e. The Bertz CT molecular complexity index is 543. The van der Waals surface area contributed by atoms with Gasteiger partial charge in [0.05, 0.1) is 6.54 Å². The van der Waals surface area contributed by atoms with Crippen LogP contribution in [0.2, 0.25) is 5.15 Å². The van der Waals surface area contributed by atoms with Gasteiger partial charge in [-0.1, -0.05) is 30.3 Å². The van der Waals surface area contributed by atoms with Crippen molar-refractivity contribution in [2.24, 2.45) is 5.73 Å². The number of pyridine rings is 1. The highest BCUT2D eigenvalue weighted by Gasteiger charge is 2.10. The molecule has 2 heterocycles. The van der Waals surface area contributed by atoms with Gasteiger partial charge in [-0.15, -0.1) is 10.2 Å². The number of rotatable bonds is 6. The molecule has 0 amide bonds. The Morgan fingerprint density at radius 3 is 2.95 bits per heavy atom. The van der Waals surface area contributed by atoms with Gasteiger partial charge in [-0.2, -0.15) is 0 Å². The lowest BCUT2D eigenvalue weighted by atomic mass is 10.3. The second-order valence-corrected chi connectivity index (χ2v) is 5.36. The van der Waals surface area contributed by atoms with Crippen LogP contribution < -0.4 is 5.73 Å². The van der Waals surface area contributed by atoms with E-state index in [1.54, 1.807) is 18.0 Å². The molecule has 2 rings (SSSR count). The van der Waals surface area contributed by atoms with Crippen LogP contribution in [-0.2, 0) is 18.8 Å². The van der Waals surface area contributed by atoms with Crippen LogP contribution in [0, 0.1) is 0 Å². The minimum Gasteiger partial charge on any atom is -0.324 e. The SMILES string of the molecule is CCCn1c(CN)nnc1SCc1ccnc(Cl)c1. The molecule has 19 heavy (non-hydrogen) atoms. The lowest BCUT2D eigenvalue weighted by Crippen LogP contribution is -2.09. The highest BCUT2D eigenvalue weighted by Crippen LogP contribution is 2.23. The normalized spacial score (nSPS) is 10.9. The third-order valence-electron chi connectivity index (χ3n) is 2.58. The predicted octanol–water partition coefficient (Wildman–Crippen LogP) is 2.49.